The first-order valence-corrected chi connectivity index (χ1v) is 13.2. The highest BCUT2D eigenvalue weighted by Gasteiger charge is 2.40. The lowest BCUT2D eigenvalue weighted by Gasteiger charge is -2.23. The Labute approximate surface area is 238 Å². The molecule has 0 aliphatic carbocycles. The van der Waals surface area contributed by atoms with Crippen molar-refractivity contribution in [3.05, 3.63) is 108 Å². The molecular weight excluding hydrogens is 522 g/mol. The van der Waals surface area contributed by atoms with E-state index in [1.54, 1.807) is 30.2 Å². The maximum atomic E-state index is 13.1. The van der Waals surface area contributed by atoms with Crippen molar-refractivity contribution in [3.8, 4) is 34.1 Å². The lowest BCUT2D eigenvalue weighted by Crippen LogP contribution is -2.31. The van der Waals surface area contributed by atoms with Gasteiger partial charge < -0.3 is 24.1 Å². The van der Waals surface area contributed by atoms with Crippen molar-refractivity contribution in [2.24, 2.45) is 0 Å². The van der Waals surface area contributed by atoms with E-state index in [4.69, 9.17) is 18.9 Å². The molecule has 0 aromatic heterocycles. The minimum atomic E-state index is -0.945. The van der Waals surface area contributed by atoms with Crippen molar-refractivity contribution in [2.75, 3.05) is 14.2 Å². The lowest BCUT2D eigenvalue weighted by molar-refractivity contribution is -0.136. The van der Waals surface area contributed by atoms with E-state index in [1.165, 1.54) is 7.11 Å². The largest absolute Gasteiger partial charge is 0.497 e. The molecule has 4 aromatic rings. The molecule has 0 bridgehead atoms. The Morgan fingerprint density at radius 3 is 2.34 bits per heavy atom. The fraction of sp³-hybridized carbons (Fsp3) is 0.212. The first-order chi connectivity index (χ1) is 19.9. The number of ether oxygens (including phenoxy) is 4. The fourth-order valence-electron chi connectivity index (χ4n) is 4.97. The van der Waals surface area contributed by atoms with Crippen LogP contribution in [0.25, 0.3) is 11.1 Å². The van der Waals surface area contributed by atoms with Crippen LogP contribution in [0.5, 0.6) is 23.0 Å². The Hall–Kier alpha value is -4.98. The second kappa shape index (κ2) is 12.0. The summed E-state index contributed by atoms with van der Waals surface area (Å²) in [5.41, 5.74) is 4.10. The smallest absolute Gasteiger partial charge is 0.411 e. The Balaban J connectivity index is 1.53. The molecule has 1 aliphatic heterocycles. The van der Waals surface area contributed by atoms with Crippen molar-refractivity contribution in [2.45, 2.75) is 32.0 Å². The van der Waals surface area contributed by atoms with Gasteiger partial charge in [-0.3, -0.25) is 9.69 Å². The summed E-state index contributed by atoms with van der Waals surface area (Å²) in [7, 11) is 3.15. The van der Waals surface area contributed by atoms with E-state index in [1.807, 2.05) is 79.7 Å². The van der Waals surface area contributed by atoms with Gasteiger partial charge in [-0.25, -0.2) is 4.79 Å². The third kappa shape index (κ3) is 6.11. The van der Waals surface area contributed by atoms with Crippen LogP contribution in [0.15, 0.2) is 91.0 Å². The number of hydrogen-bond donors (Lipinski definition) is 1. The van der Waals surface area contributed by atoms with Crippen molar-refractivity contribution in [3.63, 3.8) is 0 Å². The fourth-order valence-corrected chi connectivity index (χ4v) is 4.97. The molecule has 8 nitrogen and oxygen atoms in total. The monoisotopic (exact) mass is 553 g/mol. The van der Waals surface area contributed by atoms with Crippen molar-refractivity contribution < 1.29 is 33.6 Å². The summed E-state index contributed by atoms with van der Waals surface area (Å²) in [6, 6.07) is 28.0. The van der Waals surface area contributed by atoms with E-state index >= 15 is 0 Å². The summed E-state index contributed by atoms with van der Waals surface area (Å²) >= 11 is 0. The number of carboxylic acid groups (broad SMARTS) is 1. The van der Waals surface area contributed by atoms with E-state index in [-0.39, 0.29) is 19.0 Å². The highest BCUT2D eigenvalue weighted by molar-refractivity contribution is 5.73. The van der Waals surface area contributed by atoms with Gasteiger partial charge in [0.25, 0.3) is 0 Å². The molecule has 41 heavy (non-hydrogen) atoms. The summed E-state index contributed by atoms with van der Waals surface area (Å²) < 4.78 is 23.1. The standard InChI is InChI=1S/C33H31NO7/c1-21-32(23-8-5-4-6-9-23)41-33(37)34(21)20-26-18-25(24-10-7-11-27(19-24)38-2)13-15-28(26)40-30-16-22(17-31(35)36)12-14-29(30)39-3/h4-16,18-19,21,32H,17,20H2,1-3H3,(H,35,36). The molecule has 2 atom stereocenters. The van der Waals surface area contributed by atoms with Gasteiger partial charge in [0.2, 0.25) is 0 Å². The topological polar surface area (TPSA) is 94.5 Å². The highest BCUT2D eigenvalue weighted by Crippen LogP contribution is 2.39. The number of cyclic esters (lactones) is 1. The molecular formula is C33H31NO7. The summed E-state index contributed by atoms with van der Waals surface area (Å²) in [5, 5.41) is 9.28. The number of aliphatic carboxylic acids is 1. The molecule has 0 radical (unpaired) electrons. The van der Waals surface area contributed by atoms with Crippen molar-refractivity contribution in [1.82, 2.24) is 4.90 Å². The zero-order valence-electron chi connectivity index (χ0n) is 23.1. The Bertz CT molecular complexity index is 1550. The summed E-state index contributed by atoms with van der Waals surface area (Å²) in [6.07, 6.45) is -0.965. The van der Waals surface area contributed by atoms with Crippen LogP contribution >= 0.6 is 0 Å². The van der Waals surface area contributed by atoms with Gasteiger partial charge in [0.1, 0.15) is 17.6 Å². The number of rotatable bonds is 10. The molecule has 4 aromatic carbocycles. The number of carboxylic acids is 1. The second-order valence-electron chi connectivity index (χ2n) is 9.80. The predicted octanol–water partition coefficient (Wildman–Crippen LogP) is 6.87. The maximum Gasteiger partial charge on any atom is 0.411 e. The molecule has 1 heterocycles. The van der Waals surface area contributed by atoms with Crippen LogP contribution in [-0.2, 0) is 22.5 Å². The van der Waals surface area contributed by atoms with E-state index in [0.717, 1.165) is 28.0 Å². The molecule has 210 valence electrons. The van der Waals surface area contributed by atoms with Gasteiger partial charge in [-0.2, -0.15) is 0 Å². The van der Waals surface area contributed by atoms with Crippen LogP contribution in [0.1, 0.15) is 29.7 Å². The van der Waals surface area contributed by atoms with Crippen LogP contribution in [0.4, 0.5) is 4.79 Å². The van der Waals surface area contributed by atoms with E-state index < -0.39 is 18.2 Å². The molecule has 8 heteroatoms. The van der Waals surface area contributed by atoms with Crippen LogP contribution in [-0.4, -0.2) is 42.3 Å². The third-order valence-corrected chi connectivity index (χ3v) is 7.13. The molecule has 0 spiro atoms. The first kappa shape index (κ1) is 27.6. The molecule has 1 amide bonds. The van der Waals surface area contributed by atoms with Crippen LogP contribution < -0.4 is 14.2 Å². The van der Waals surface area contributed by atoms with Crippen LogP contribution in [0.2, 0.25) is 0 Å². The van der Waals surface area contributed by atoms with E-state index in [9.17, 15) is 14.7 Å². The third-order valence-electron chi connectivity index (χ3n) is 7.13. The molecule has 5 rings (SSSR count). The Morgan fingerprint density at radius 2 is 1.61 bits per heavy atom. The van der Waals surface area contributed by atoms with Gasteiger partial charge >= 0.3 is 12.1 Å². The molecule has 1 fully saturated rings. The zero-order valence-corrected chi connectivity index (χ0v) is 23.1. The number of benzene rings is 4. The average molecular weight is 554 g/mol. The lowest BCUT2D eigenvalue weighted by atomic mass is 10.0. The first-order valence-electron chi connectivity index (χ1n) is 13.2. The molecule has 1 saturated heterocycles. The van der Waals surface area contributed by atoms with Crippen LogP contribution in [0, 0.1) is 0 Å². The van der Waals surface area contributed by atoms with Crippen molar-refractivity contribution >= 4 is 12.1 Å². The minimum Gasteiger partial charge on any atom is -0.497 e. The van der Waals surface area contributed by atoms with Gasteiger partial charge in [-0.1, -0.05) is 54.6 Å². The predicted molar refractivity (Wildman–Crippen MR) is 154 cm³/mol. The highest BCUT2D eigenvalue weighted by atomic mass is 16.6. The van der Waals surface area contributed by atoms with E-state index in [2.05, 4.69) is 0 Å². The summed E-state index contributed by atoms with van der Waals surface area (Å²) in [6.45, 7) is 2.20. The molecule has 0 saturated carbocycles. The Kier molecular flexibility index (Phi) is 8.10. The van der Waals surface area contributed by atoms with E-state index in [0.29, 0.717) is 22.8 Å². The van der Waals surface area contributed by atoms with Crippen LogP contribution in [0.3, 0.4) is 0 Å². The molecule has 1 aliphatic rings. The number of amides is 1. The van der Waals surface area contributed by atoms with Crippen molar-refractivity contribution in [1.29, 1.82) is 0 Å². The quantitative estimate of drug-likeness (QED) is 0.229. The SMILES string of the molecule is COc1cccc(-c2ccc(Oc3cc(CC(=O)O)ccc3OC)c(CN3C(=O)OC(c4ccccc4)C3C)c2)c1. The summed E-state index contributed by atoms with van der Waals surface area (Å²) in [4.78, 5) is 26.1. The second-order valence-corrected chi connectivity index (χ2v) is 9.80. The van der Waals surface area contributed by atoms with Gasteiger partial charge in [-0.15, -0.1) is 0 Å². The number of hydrogen-bond acceptors (Lipinski definition) is 6. The molecule has 2 unspecified atom stereocenters. The number of nitrogens with zero attached hydrogens (tertiary/aromatic N) is 1. The Morgan fingerprint density at radius 1 is 0.854 bits per heavy atom. The average Bonchev–Trinajstić information content (AvgIpc) is 3.26. The summed E-state index contributed by atoms with van der Waals surface area (Å²) in [5.74, 6) is 1.12. The van der Waals surface area contributed by atoms with Gasteiger partial charge in [0.15, 0.2) is 11.5 Å². The number of carbonyl (C=O) groups excluding carboxylic acids is 1. The normalized spacial score (nSPS) is 16.3. The van der Waals surface area contributed by atoms with Gasteiger partial charge in [0, 0.05) is 5.56 Å². The number of methoxy groups -OCH3 is 2. The maximum absolute atomic E-state index is 13.1. The number of carbonyl (C=O) groups is 2. The molecule has 1 N–H and O–H groups in total. The van der Waals surface area contributed by atoms with Gasteiger partial charge in [0.05, 0.1) is 33.2 Å². The zero-order chi connectivity index (χ0) is 28.9. The van der Waals surface area contributed by atoms with Gasteiger partial charge in [-0.05, 0) is 65.6 Å². The minimum absolute atomic E-state index is 0.153.